The highest BCUT2D eigenvalue weighted by Gasteiger charge is 1.93. The van der Waals surface area contributed by atoms with Crippen molar-refractivity contribution in [3.63, 3.8) is 0 Å². The Morgan fingerprint density at radius 3 is 2.14 bits per heavy atom. The van der Waals surface area contributed by atoms with Gasteiger partial charge >= 0.3 is 0 Å². The Morgan fingerprint density at radius 2 is 1.64 bits per heavy atom. The van der Waals surface area contributed by atoms with Crippen molar-refractivity contribution in [2.75, 3.05) is 14.2 Å². The van der Waals surface area contributed by atoms with Crippen LogP contribution in [0.1, 0.15) is 11.1 Å². The van der Waals surface area contributed by atoms with Crippen LogP contribution in [-0.2, 0) is 21.2 Å². The van der Waals surface area contributed by atoms with E-state index < -0.39 is 0 Å². The van der Waals surface area contributed by atoms with E-state index in [-0.39, 0.29) is 0 Å². The van der Waals surface area contributed by atoms with Crippen LogP contribution in [0.25, 0.3) is 6.08 Å². The second-order valence-corrected chi connectivity index (χ2v) is 2.75. The largest absolute Gasteiger partial charge is 0.210 e. The maximum absolute atomic E-state index is 3.97. The molecule has 0 heterocycles. The van der Waals surface area contributed by atoms with Crippen LogP contribution in [-0.4, -0.2) is 14.2 Å². The molecule has 0 N–H and O–H groups in total. The molecule has 14 heavy (non-hydrogen) atoms. The normalized spacial score (nSPS) is 11.9. The topological polar surface area (TPSA) is 27.7 Å². The molecule has 3 nitrogen and oxygen atoms in total. The molecule has 2 aliphatic carbocycles. The Balaban J connectivity index is 0.000000171. The predicted octanol–water partition coefficient (Wildman–Crippen LogP) is 2.38. The van der Waals surface area contributed by atoms with Crippen LogP contribution in [0.5, 0.6) is 0 Å². The van der Waals surface area contributed by atoms with E-state index in [2.05, 4.69) is 51.2 Å². The fourth-order valence-electron chi connectivity index (χ4n) is 1.16. The van der Waals surface area contributed by atoms with E-state index in [9.17, 15) is 0 Å². The molecule has 2 aliphatic rings. The summed E-state index contributed by atoms with van der Waals surface area (Å²) in [7, 11) is 2.73. The monoisotopic (exact) mass is 194 g/mol. The number of allylic oxidation sites excluding steroid dienone is 1. The van der Waals surface area contributed by atoms with Gasteiger partial charge in [0.1, 0.15) is 0 Å². The highest BCUT2D eigenvalue weighted by atomic mass is 17.5. The Hall–Kier alpha value is -1.16. The molecule has 0 atom stereocenters. The van der Waals surface area contributed by atoms with E-state index >= 15 is 0 Å². The van der Waals surface area contributed by atoms with Crippen molar-refractivity contribution >= 4 is 6.08 Å². The van der Waals surface area contributed by atoms with Gasteiger partial charge in [-0.15, -0.1) is 0 Å². The van der Waals surface area contributed by atoms with Gasteiger partial charge in [-0.2, -0.15) is 0 Å². The van der Waals surface area contributed by atoms with Crippen LogP contribution in [0.15, 0.2) is 30.3 Å². The summed E-state index contributed by atoms with van der Waals surface area (Å²) in [5.74, 6) is 0. The molecule has 0 fully saturated rings. The fourth-order valence-corrected chi connectivity index (χ4v) is 1.16. The molecule has 3 heteroatoms. The smallest absolute Gasteiger partial charge is 0.0744 e. The van der Waals surface area contributed by atoms with Gasteiger partial charge in [0.05, 0.1) is 14.2 Å². The number of hydrogen-bond acceptors (Lipinski definition) is 3. The lowest BCUT2D eigenvalue weighted by molar-refractivity contribution is -0.491. The number of hydrogen-bond donors (Lipinski definition) is 0. The molecule has 0 aromatic heterocycles. The summed E-state index contributed by atoms with van der Waals surface area (Å²) in [6.07, 6.45) is 5.45. The average Bonchev–Trinajstić information content (AvgIpc) is 2.56. The number of rotatable bonds is 2. The fraction of sp³-hybridized carbons (Fsp3) is 0.273. The Labute approximate surface area is 83.8 Å². The van der Waals surface area contributed by atoms with Gasteiger partial charge in [0.2, 0.25) is 0 Å². The van der Waals surface area contributed by atoms with Crippen LogP contribution in [0, 0.1) is 0 Å². The minimum absolute atomic E-state index is 1.09. The Bertz CT molecular complexity index is 275. The third-order valence-corrected chi connectivity index (χ3v) is 1.78. The quantitative estimate of drug-likeness (QED) is 0.534. The van der Waals surface area contributed by atoms with Gasteiger partial charge in [-0.25, -0.2) is 9.78 Å². The van der Waals surface area contributed by atoms with Gasteiger partial charge in [-0.05, 0) is 17.5 Å². The van der Waals surface area contributed by atoms with Crippen molar-refractivity contribution in [2.45, 2.75) is 6.42 Å². The van der Waals surface area contributed by atoms with Crippen molar-refractivity contribution in [3.05, 3.63) is 41.5 Å². The zero-order valence-electron chi connectivity index (χ0n) is 8.40. The van der Waals surface area contributed by atoms with E-state index in [1.165, 1.54) is 25.3 Å². The van der Waals surface area contributed by atoms with Gasteiger partial charge in [-0.3, -0.25) is 0 Å². The molecule has 1 aromatic carbocycles. The molecular weight excluding hydrogens is 180 g/mol. The second-order valence-electron chi connectivity index (χ2n) is 2.75. The summed E-state index contributed by atoms with van der Waals surface area (Å²) in [5.41, 5.74) is 2.73. The molecule has 0 aliphatic heterocycles. The van der Waals surface area contributed by atoms with Gasteiger partial charge in [0, 0.05) is 0 Å². The molecule has 0 saturated carbocycles. The predicted molar refractivity (Wildman–Crippen MR) is 54.3 cm³/mol. The molecular formula is C11H14O3. The Morgan fingerprint density at radius 1 is 1.00 bits per heavy atom. The minimum Gasteiger partial charge on any atom is -0.210 e. The van der Waals surface area contributed by atoms with Crippen LogP contribution >= 0.6 is 0 Å². The first-order chi connectivity index (χ1) is 6.86. The van der Waals surface area contributed by atoms with Gasteiger partial charge in [0.15, 0.2) is 0 Å². The van der Waals surface area contributed by atoms with E-state index in [1.807, 2.05) is 0 Å². The lowest BCUT2D eigenvalue weighted by Gasteiger charge is -1.90. The van der Waals surface area contributed by atoms with Crippen molar-refractivity contribution in [1.29, 1.82) is 0 Å². The summed E-state index contributed by atoms with van der Waals surface area (Å²) in [5, 5.41) is 3.83. The molecule has 0 saturated heterocycles. The van der Waals surface area contributed by atoms with E-state index in [1.54, 1.807) is 0 Å². The summed E-state index contributed by atoms with van der Waals surface area (Å²) < 4.78 is 0. The zero-order valence-corrected chi connectivity index (χ0v) is 8.40. The third-order valence-electron chi connectivity index (χ3n) is 1.78. The molecule has 0 unspecified atom stereocenters. The SMILES string of the molecule is C1=Cc2ccc(cc2)C1.COOOC. The maximum Gasteiger partial charge on any atom is 0.0744 e. The van der Waals surface area contributed by atoms with E-state index in [4.69, 9.17) is 0 Å². The standard InChI is InChI=1S/C9H8.C2H6O3/c1-2-8-4-6-9(3-1)7-5-8;1-3-5-4-2/h1-2,4-7H,3H2;1-2H3. The van der Waals surface area contributed by atoms with E-state index in [0.717, 1.165) is 6.42 Å². The van der Waals surface area contributed by atoms with Gasteiger partial charge in [0.25, 0.3) is 0 Å². The average molecular weight is 194 g/mol. The van der Waals surface area contributed by atoms with E-state index in [0.29, 0.717) is 0 Å². The highest BCUT2D eigenvalue weighted by Crippen LogP contribution is 2.11. The molecule has 1 aromatic rings. The summed E-state index contributed by atoms with van der Waals surface area (Å²) >= 11 is 0. The third kappa shape index (κ3) is 3.70. The highest BCUT2D eigenvalue weighted by molar-refractivity contribution is 5.52. The Kier molecular flexibility index (Phi) is 4.93. The van der Waals surface area contributed by atoms with Crippen molar-refractivity contribution in [3.8, 4) is 0 Å². The van der Waals surface area contributed by atoms with Crippen LogP contribution in [0.2, 0.25) is 0 Å². The molecule has 0 amide bonds. The first kappa shape index (κ1) is 10.9. The first-order valence-electron chi connectivity index (χ1n) is 4.36. The summed E-state index contributed by atoms with van der Waals surface area (Å²) in [6, 6.07) is 8.66. The van der Waals surface area contributed by atoms with Crippen molar-refractivity contribution < 1.29 is 14.8 Å². The van der Waals surface area contributed by atoms with Gasteiger partial charge < -0.3 is 0 Å². The lowest BCUT2D eigenvalue weighted by Crippen LogP contribution is -1.82. The van der Waals surface area contributed by atoms with Crippen molar-refractivity contribution in [1.82, 2.24) is 0 Å². The first-order valence-corrected chi connectivity index (χ1v) is 4.36. The van der Waals surface area contributed by atoms with Crippen LogP contribution in [0.3, 0.4) is 0 Å². The minimum atomic E-state index is 1.09. The number of fused-ring (bicyclic) bond motifs is 3. The molecule has 0 spiro atoms. The summed E-state index contributed by atoms with van der Waals surface area (Å²) in [6.45, 7) is 0. The van der Waals surface area contributed by atoms with Crippen molar-refractivity contribution in [2.24, 2.45) is 0 Å². The molecule has 76 valence electrons. The molecule has 3 rings (SSSR count). The lowest BCUT2D eigenvalue weighted by atomic mass is 10.2. The molecule has 0 radical (unpaired) electrons. The van der Waals surface area contributed by atoms with Crippen LogP contribution < -0.4 is 0 Å². The molecule has 2 bridgehead atoms. The second kappa shape index (κ2) is 6.32. The maximum atomic E-state index is 3.97. The van der Waals surface area contributed by atoms with Crippen LogP contribution in [0.4, 0.5) is 0 Å². The zero-order chi connectivity index (χ0) is 10.2. The summed E-state index contributed by atoms with van der Waals surface area (Å²) in [4.78, 5) is 7.94. The number of benzene rings is 1. The van der Waals surface area contributed by atoms with Gasteiger partial charge in [-0.1, -0.05) is 41.5 Å².